The van der Waals surface area contributed by atoms with Gasteiger partial charge in [0.2, 0.25) is 5.88 Å². The molecule has 0 aliphatic heterocycles. The van der Waals surface area contributed by atoms with Crippen LogP contribution < -0.4 is 4.74 Å². The van der Waals surface area contributed by atoms with Crippen LogP contribution in [0.5, 0.6) is 5.88 Å². The van der Waals surface area contributed by atoms with Crippen molar-refractivity contribution in [2.45, 2.75) is 31.8 Å². The highest BCUT2D eigenvalue weighted by atomic mass is 19.3. The van der Waals surface area contributed by atoms with Crippen molar-refractivity contribution in [2.24, 2.45) is 0 Å². The van der Waals surface area contributed by atoms with Gasteiger partial charge in [-0.25, -0.2) is 9.78 Å². The topological polar surface area (TPSA) is 48.4 Å². The number of carbonyl (C=O) groups excluding carboxylic acids is 1. The molecule has 1 aromatic rings. The molecule has 0 unspecified atom stereocenters. The molecule has 6 heteroatoms. The molecule has 1 aromatic heterocycles. The molecule has 0 atom stereocenters. The van der Waals surface area contributed by atoms with Crippen molar-refractivity contribution in [3.63, 3.8) is 0 Å². The summed E-state index contributed by atoms with van der Waals surface area (Å²) in [4.78, 5) is 15.3. The van der Waals surface area contributed by atoms with Crippen molar-refractivity contribution < 1.29 is 23.0 Å². The van der Waals surface area contributed by atoms with Crippen LogP contribution in [0.4, 0.5) is 8.78 Å². The van der Waals surface area contributed by atoms with Gasteiger partial charge in [0.1, 0.15) is 5.56 Å². The number of halogens is 2. The zero-order valence-electron chi connectivity index (χ0n) is 9.86. The van der Waals surface area contributed by atoms with Crippen molar-refractivity contribution >= 4 is 5.97 Å². The zero-order valence-corrected chi connectivity index (χ0v) is 9.86. The van der Waals surface area contributed by atoms with Gasteiger partial charge in [0, 0.05) is 6.20 Å². The molecule has 0 radical (unpaired) electrons. The predicted octanol–water partition coefficient (Wildman–Crippen LogP) is 2.74. The molecule has 0 bridgehead atoms. The smallest absolute Gasteiger partial charge is 0.388 e. The third kappa shape index (κ3) is 2.57. The average Bonchev–Trinajstić information content (AvgIpc) is 2.27. The summed E-state index contributed by atoms with van der Waals surface area (Å²) in [7, 11) is 1.19. The van der Waals surface area contributed by atoms with Gasteiger partial charge in [0.05, 0.1) is 7.11 Å². The lowest BCUT2D eigenvalue weighted by molar-refractivity contribution is -0.0534. The summed E-state index contributed by atoms with van der Waals surface area (Å²) < 4.78 is 33.1. The Balaban J connectivity index is 2.31. The second-order valence-corrected chi connectivity index (χ2v) is 4.12. The summed E-state index contributed by atoms with van der Waals surface area (Å²) in [5.74, 6) is -0.763. The second kappa shape index (κ2) is 5.29. The fraction of sp³-hybridized carbons (Fsp3) is 0.500. The number of esters is 1. The third-order valence-corrected chi connectivity index (χ3v) is 3.05. The SMILES string of the molecule is COC(=O)c1cc(C2CCC2)cnc1OC(F)F. The van der Waals surface area contributed by atoms with Crippen LogP contribution in [-0.4, -0.2) is 24.7 Å². The number of pyridine rings is 1. The lowest BCUT2D eigenvalue weighted by Crippen LogP contribution is -2.14. The number of nitrogens with zero attached hydrogens (tertiary/aromatic N) is 1. The van der Waals surface area contributed by atoms with E-state index >= 15 is 0 Å². The van der Waals surface area contributed by atoms with Crippen molar-refractivity contribution in [3.8, 4) is 5.88 Å². The number of methoxy groups -OCH3 is 1. The first kappa shape index (κ1) is 12.7. The fourth-order valence-corrected chi connectivity index (χ4v) is 1.87. The van der Waals surface area contributed by atoms with Crippen LogP contribution in [-0.2, 0) is 4.74 Å². The highest BCUT2D eigenvalue weighted by molar-refractivity contribution is 5.92. The van der Waals surface area contributed by atoms with Crippen molar-refractivity contribution in [1.29, 1.82) is 0 Å². The minimum Gasteiger partial charge on any atom is -0.465 e. The molecule has 1 saturated carbocycles. The second-order valence-electron chi connectivity index (χ2n) is 4.12. The maximum atomic E-state index is 12.2. The number of aromatic nitrogens is 1. The number of hydrogen-bond acceptors (Lipinski definition) is 4. The quantitative estimate of drug-likeness (QED) is 0.778. The molecule has 0 N–H and O–H groups in total. The molecule has 1 aliphatic rings. The molecule has 1 heterocycles. The van der Waals surface area contributed by atoms with Crippen LogP contribution >= 0.6 is 0 Å². The Bertz CT molecular complexity index is 447. The first-order valence-corrected chi connectivity index (χ1v) is 5.65. The molecular weight excluding hydrogens is 244 g/mol. The van der Waals surface area contributed by atoms with Gasteiger partial charge >= 0.3 is 12.6 Å². The monoisotopic (exact) mass is 257 g/mol. The summed E-state index contributed by atoms with van der Waals surface area (Å²) in [5, 5.41) is 0. The maximum absolute atomic E-state index is 12.2. The Morgan fingerprint density at radius 1 is 1.50 bits per heavy atom. The summed E-state index contributed by atoms with van der Waals surface area (Å²) in [6.45, 7) is -3.02. The van der Waals surface area contributed by atoms with Gasteiger partial charge in [-0.1, -0.05) is 6.42 Å². The van der Waals surface area contributed by atoms with Gasteiger partial charge in [0.25, 0.3) is 0 Å². The largest absolute Gasteiger partial charge is 0.465 e. The van der Waals surface area contributed by atoms with E-state index in [0.29, 0.717) is 5.92 Å². The van der Waals surface area contributed by atoms with E-state index in [4.69, 9.17) is 0 Å². The summed E-state index contributed by atoms with van der Waals surface area (Å²) >= 11 is 0. The fourth-order valence-electron chi connectivity index (χ4n) is 1.87. The lowest BCUT2D eigenvalue weighted by atomic mass is 9.80. The molecular formula is C12H13F2NO3. The molecule has 0 amide bonds. The zero-order chi connectivity index (χ0) is 13.1. The standard InChI is InChI=1S/C12H13F2NO3/c1-17-11(16)9-5-8(7-3-2-4-7)6-15-10(9)18-12(13)14/h5-7,12H,2-4H2,1H3. The van der Waals surface area contributed by atoms with E-state index in [1.165, 1.54) is 19.4 Å². The molecule has 98 valence electrons. The summed E-state index contributed by atoms with van der Waals surface area (Å²) in [6, 6.07) is 1.53. The maximum Gasteiger partial charge on any atom is 0.388 e. The number of ether oxygens (including phenoxy) is 2. The summed E-state index contributed by atoms with van der Waals surface area (Å²) in [5.41, 5.74) is 0.811. The highest BCUT2D eigenvalue weighted by Crippen LogP contribution is 2.37. The Kier molecular flexibility index (Phi) is 3.74. The number of rotatable bonds is 4. The molecule has 1 fully saturated rings. The third-order valence-electron chi connectivity index (χ3n) is 3.05. The van der Waals surface area contributed by atoms with Crippen LogP contribution in [0, 0.1) is 0 Å². The number of alkyl halides is 2. The molecule has 4 nitrogen and oxygen atoms in total. The Morgan fingerprint density at radius 2 is 2.22 bits per heavy atom. The Morgan fingerprint density at radius 3 is 2.72 bits per heavy atom. The number of carbonyl (C=O) groups is 1. The van der Waals surface area contributed by atoms with Gasteiger partial charge in [0.15, 0.2) is 0 Å². The van der Waals surface area contributed by atoms with E-state index in [1.807, 2.05) is 0 Å². The first-order chi connectivity index (χ1) is 8.61. The van der Waals surface area contributed by atoms with Gasteiger partial charge in [-0.15, -0.1) is 0 Å². The van der Waals surface area contributed by atoms with Crippen molar-refractivity contribution in [3.05, 3.63) is 23.4 Å². The van der Waals surface area contributed by atoms with Crippen molar-refractivity contribution in [2.75, 3.05) is 7.11 Å². The number of hydrogen-bond donors (Lipinski definition) is 0. The van der Waals surface area contributed by atoms with E-state index in [0.717, 1.165) is 24.8 Å². The van der Waals surface area contributed by atoms with Crippen LogP contribution in [0.25, 0.3) is 0 Å². The van der Waals surface area contributed by atoms with E-state index in [2.05, 4.69) is 14.5 Å². The van der Waals surface area contributed by atoms with Gasteiger partial charge < -0.3 is 9.47 Å². The molecule has 0 aromatic carbocycles. The lowest BCUT2D eigenvalue weighted by Gasteiger charge is -2.25. The van der Waals surface area contributed by atoms with Crippen LogP contribution in [0.15, 0.2) is 12.3 Å². The van der Waals surface area contributed by atoms with Gasteiger partial charge in [-0.2, -0.15) is 8.78 Å². The molecule has 18 heavy (non-hydrogen) atoms. The summed E-state index contributed by atoms with van der Waals surface area (Å²) in [6.07, 6.45) is 4.66. The molecule has 0 spiro atoms. The van der Waals surface area contributed by atoms with E-state index < -0.39 is 12.6 Å². The average molecular weight is 257 g/mol. The Hall–Kier alpha value is -1.72. The Labute approximate surface area is 103 Å². The van der Waals surface area contributed by atoms with E-state index in [1.54, 1.807) is 0 Å². The predicted molar refractivity (Wildman–Crippen MR) is 58.8 cm³/mol. The normalized spacial score (nSPS) is 15.3. The van der Waals surface area contributed by atoms with Crippen LogP contribution in [0.2, 0.25) is 0 Å². The van der Waals surface area contributed by atoms with Crippen LogP contribution in [0.3, 0.4) is 0 Å². The van der Waals surface area contributed by atoms with E-state index in [-0.39, 0.29) is 11.4 Å². The molecule has 0 saturated heterocycles. The molecule has 2 rings (SSSR count). The van der Waals surface area contributed by atoms with Gasteiger partial charge in [-0.3, -0.25) is 0 Å². The van der Waals surface area contributed by atoms with Crippen molar-refractivity contribution in [1.82, 2.24) is 4.98 Å². The van der Waals surface area contributed by atoms with Crippen LogP contribution in [0.1, 0.15) is 41.1 Å². The highest BCUT2D eigenvalue weighted by Gasteiger charge is 2.24. The van der Waals surface area contributed by atoms with Gasteiger partial charge in [-0.05, 0) is 30.4 Å². The minimum atomic E-state index is -3.02. The van der Waals surface area contributed by atoms with E-state index in [9.17, 15) is 13.6 Å². The first-order valence-electron chi connectivity index (χ1n) is 5.65. The minimum absolute atomic E-state index is 0.0535. The molecule has 1 aliphatic carbocycles.